The highest BCUT2D eigenvalue weighted by Gasteiger charge is 2.27. The predicted molar refractivity (Wildman–Crippen MR) is 120 cm³/mol. The van der Waals surface area contributed by atoms with E-state index >= 15 is 0 Å². The van der Waals surface area contributed by atoms with E-state index < -0.39 is 10.0 Å². The third kappa shape index (κ3) is 5.07. The van der Waals surface area contributed by atoms with Crippen LogP contribution in [0, 0.1) is 20.8 Å². The van der Waals surface area contributed by atoms with Gasteiger partial charge in [0.2, 0.25) is 5.91 Å². The van der Waals surface area contributed by atoms with Crippen LogP contribution < -0.4 is 9.62 Å². The highest BCUT2D eigenvalue weighted by molar-refractivity contribution is 7.92. The van der Waals surface area contributed by atoms with E-state index in [1.54, 1.807) is 30.3 Å². The van der Waals surface area contributed by atoms with Crippen molar-refractivity contribution >= 4 is 21.6 Å². The molecule has 3 rings (SSSR count). The molecule has 156 valence electrons. The maximum absolute atomic E-state index is 13.3. The smallest absolute Gasteiger partial charge is 0.264 e. The van der Waals surface area contributed by atoms with Gasteiger partial charge in [0.1, 0.15) is 6.54 Å². The first-order valence-electron chi connectivity index (χ1n) is 9.74. The third-order valence-electron chi connectivity index (χ3n) is 4.97. The molecule has 3 aromatic carbocycles. The summed E-state index contributed by atoms with van der Waals surface area (Å²) in [7, 11) is -3.90. The molecule has 0 saturated carbocycles. The Morgan fingerprint density at radius 1 is 0.867 bits per heavy atom. The van der Waals surface area contributed by atoms with Crippen LogP contribution in [-0.2, 0) is 21.4 Å². The summed E-state index contributed by atoms with van der Waals surface area (Å²) < 4.78 is 27.8. The van der Waals surface area contributed by atoms with Gasteiger partial charge in [-0.25, -0.2) is 8.42 Å². The Kier molecular flexibility index (Phi) is 6.57. The molecule has 0 spiro atoms. The summed E-state index contributed by atoms with van der Waals surface area (Å²) in [4.78, 5) is 12.8. The topological polar surface area (TPSA) is 66.5 Å². The molecule has 6 heteroatoms. The molecule has 0 aliphatic rings. The van der Waals surface area contributed by atoms with E-state index in [1.807, 2.05) is 51.1 Å². The number of carbonyl (C=O) groups excluding carboxylic acids is 1. The Bertz CT molecular complexity index is 1140. The van der Waals surface area contributed by atoms with Crippen molar-refractivity contribution in [2.45, 2.75) is 32.2 Å². The number of aryl methyl sites for hydroxylation is 3. The first-order valence-corrected chi connectivity index (χ1v) is 11.2. The van der Waals surface area contributed by atoms with Crippen molar-refractivity contribution in [2.24, 2.45) is 0 Å². The minimum atomic E-state index is -3.90. The molecule has 0 aromatic heterocycles. The minimum absolute atomic E-state index is 0.148. The van der Waals surface area contributed by atoms with Gasteiger partial charge >= 0.3 is 0 Å². The van der Waals surface area contributed by atoms with Crippen molar-refractivity contribution in [3.05, 3.63) is 95.1 Å². The molecule has 0 radical (unpaired) electrons. The maximum Gasteiger partial charge on any atom is 0.264 e. The first kappa shape index (κ1) is 21.6. The van der Waals surface area contributed by atoms with Crippen molar-refractivity contribution in [3.63, 3.8) is 0 Å². The summed E-state index contributed by atoms with van der Waals surface area (Å²) in [5.41, 5.74) is 4.55. The first-order chi connectivity index (χ1) is 14.3. The summed E-state index contributed by atoms with van der Waals surface area (Å²) in [6, 6.07) is 21.4. The van der Waals surface area contributed by atoms with E-state index in [0.29, 0.717) is 12.2 Å². The van der Waals surface area contributed by atoms with E-state index in [9.17, 15) is 13.2 Å². The Labute approximate surface area is 178 Å². The number of sulfonamides is 1. The van der Waals surface area contributed by atoms with Crippen molar-refractivity contribution in [3.8, 4) is 0 Å². The number of nitrogens with one attached hydrogen (secondary N) is 1. The zero-order valence-corrected chi connectivity index (χ0v) is 18.2. The molecule has 0 fully saturated rings. The number of amides is 1. The molecule has 30 heavy (non-hydrogen) atoms. The van der Waals surface area contributed by atoms with E-state index in [-0.39, 0.29) is 17.3 Å². The molecule has 0 unspecified atom stereocenters. The number of hydrogen-bond donors (Lipinski definition) is 1. The molecular formula is C24H26N2O3S. The van der Waals surface area contributed by atoms with Crippen LogP contribution in [0.15, 0.2) is 77.7 Å². The second kappa shape index (κ2) is 9.13. The molecular weight excluding hydrogens is 396 g/mol. The number of nitrogens with zero attached hydrogens (tertiary/aromatic N) is 1. The van der Waals surface area contributed by atoms with Gasteiger partial charge in [0.05, 0.1) is 10.6 Å². The Balaban J connectivity index is 1.87. The van der Waals surface area contributed by atoms with Gasteiger partial charge < -0.3 is 5.32 Å². The average molecular weight is 423 g/mol. The van der Waals surface area contributed by atoms with Crippen LogP contribution in [0.5, 0.6) is 0 Å². The third-order valence-corrected chi connectivity index (χ3v) is 6.76. The molecule has 0 aliphatic heterocycles. The summed E-state index contributed by atoms with van der Waals surface area (Å²) in [5, 5.41) is 2.83. The van der Waals surface area contributed by atoms with Gasteiger partial charge in [-0.1, -0.05) is 54.1 Å². The molecule has 0 aliphatic carbocycles. The van der Waals surface area contributed by atoms with Crippen LogP contribution in [0.25, 0.3) is 0 Å². The lowest BCUT2D eigenvalue weighted by Gasteiger charge is -2.25. The number of benzene rings is 3. The fourth-order valence-corrected chi connectivity index (χ4v) is 4.56. The predicted octanol–water partition coefficient (Wildman–Crippen LogP) is 4.12. The van der Waals surface area contributed by atoms with Gasteiger partial charge in [0.15, 0.2) is 0 Å². The van der Waals surface area contributed by atoms with Gasteiger partial charge in [-0.3, -0.25) is 9.10 Å². The SMILES string of the molecule is Cc1cccc(CNC(=O)CN(c2ccc(C)c(C)c2)S(=O)(=O)c2ccccc2)c1. The number of rotatable bonds is 7. The Morgan fingerprint density at radius 3 is 2.27 bits per heavy atom. The summed E-state index contributed by atoms with van der Waals surface area (Å²) >= 11 is 0. The van der Waals surface area contributed by atoms with Crippen molar-refractivity contribution in [1.29, 1.82) is 0 Å². The van der Waals surface area contributed by atoms with Crippen LogP contribution in [-0.4, -0.2) is 20.9 Å². The lowest BCUT2D eigenvalue weighted by atomic mass is 10.1. The van der Waals surface area contributed by atoms with Crippen LogP contribution in [0.3, 0.4) is 0 Å². The van der Waals surface area contributed by atoms with Gasteiger partial charge in [-0.2, -0.15) is 0 Å². The molecule has 0 saturated heterocycles. The Morgan fingerprint density at radius 2 is 1.60 bits per heavy atom. The highest BCUT2D eigenvalue weighted by atomic mass is 32.2. The van der Waals surface area contributed by atoms with Crippen molar-refractivity contribution in [2.75, 3.05) is 10.8 Å². The lowest BCUT2D eigenvalue weighted by Crippen LogP contribution is -2.40. The van der Waals surface area contributed by atoms with Gasteiger partial charge in [0.25, 0.3) is 10.0 Å². The quantitative estimate of drug-likeness (QED) is 0.623. The molecule has 0 atom stereocenters. The Hall–Kier alpha value is -3.12. The van der Waals surface area contributed by atoms with E-state index in [1.165, 1.54) is 16.4 Å². The van der Waals surface area contributed by atoms with Gasteiger partial charge in [-0.15, -0.1) is 0 Å². The molecule has 0 heterocycles. The molecule has 5 nitrogen and oxygen atoms in total. The molecule has 3 aromatic rings. The second-order valence-corrected chi connectivity index (χ2v) is 9.22. The molecule has 1 amide bonds. The summed E-state index contributed by atoms with van der Waals surface area (Å²) in [6.45, 7) is 5.91. The van der Waals surface area contributed by atoms with Crippen molar-refractivity contribution < 1.29 is 13.2 Å². The van der Waals surface area contributed by atoms with Crippen LogP contribution in [0.4, 0.5) is 5.69 Å². The summed E-state index contributed by atoms with van der Waals surface area (Å²) in [6.07, 6.45) is 0. The van der Waals surface area contributed by atoms with E-state index in [0.717, 1.165) is 22.3 Å². The number of carbonyl (C=O) groups is 1. The zero-order chi connectivity index (χ0) is 21.7. The minimum Gasteiger partial charge on any atom is -0.350 e. The number of anilines is 1. The molecule has 0 bridgehead atoms. The lowest BCUT2D eigenvalue weighted by molar-refractivity contribution is -0.119. The largest absolute Gasteiger partial charge is 0.350 e. The number of hydrogen-bond acceptors (Lipinski definition) is 3. The van der Waals surface area contributed by atoms with Gasteiger partial charge in [0, 0.05) is 6.54 Å². The molecule has 1 N–H and O–H groups in total. The maximum atomic E-state index is 13.3. The van der Waals surface area contributed by atoms with Crippen LogP contribution in [0.1, 0.15) is 22.3 Å². The van der Waals surface area contributed by atoms with Crippen molar-refractivity contribution in [1.82, 2.24) is 5.32 Å². The van der Waals surface area contributed by atoms with Crippen LogP contribution in [0.2, 0.25) is 0 Å². The fourth-order valence-electron chi connectivity index (χ4n) is 3.12. The van der Waals surface area contributed by atoms with Gasteiger partial charge in [-0.05, 0) is 61.7 Å². The van der Waals surface area contributed by atoms with E-state index in [2.05, 4.69) is 5.32 Å². The highest BCUT2D eigenvalue weighted by Crippen LogP contribution is 2.25. The van der Waals surface area contributed by atoms with E-state index in [4.69, 9.17) is 0 Å². The zero-order valence-electron chi connectivity index (χ0n) is 17.4. The second-order valence-electron chi connectivity index (χ2n) is 7.36. The summed E-state index contributed by atoms with van der Waals surface area (Å²) in [5.74, 6) is -0.366. The van der Waals surface area contributed by atoms with Crippen LogP contribution >= 0.6 is 0 Å². The standard InChI is InChI=1S/C24H26N2O3S/c1-18-8-7-9-21(14-18)16-25-24(27)17-26(22-13-12-19(2)20(3)15-22)30(28,29)23-10-5-4-6-11-23/h4-15H,16-17H2,1-3H3,(H,25,27). The average Bonchev–Trinajstić information content (AvgIpc) is 2.73. The fraction of sp³-hybridized carbons (Fsp3) is 0.208. The normalized spacial score (nSPS) is 11.2. The monoisotopic (exact) mass is 422 g/mol.